The van der Waals surface area contributed by atoms with E-state index < -0.39 is 6.10 Å². The Morgan fingerprint density at radius 1 is 0.294 bits per heavy atom. The number of carbonyl (C=O) groups is 3. The molecule has 68 heavy (non-hydrogen) atoms. The van der Waals surface area contributed by atoms with E-state index in [9.17, 15) is 14.4 Å². The van der Waals surface area contributed by atoms with E-state index in [1.54, 1.807) is 0 Å². The van der Waals surface area contributed by atoms with Crippen LogP contribution in [0.5, 0.6) is 0 Å². The maximum Gasteiger partial charge on any atom is 0.306 e. The standard InChI is InChI=1S/C62H110O6/c1-4-7-10-13-16-19-22-24-26-28-29-30-31-32-33-34-36-37-40-43-46-49-52-55-61(64)67-58-59(57-66-60(63)54-51-48-45-42-39-21-18-15-12-9-6-3)68-62(65)56-53-50-47-44-41-38-35-27-25-23-20-17-14-11-8-5-2/h15,18,22,24,27-29,31-32,35,59H,4-14,16-17,19-21,23,25-26,30,33-34,36-58H2,1-3H3/b18-15-,24-22-,29-28-,32-31-,35-27-. The smallest absolute Gasteiger partial charge is 0.306 e. The summed E-state index contributed by atoms with van der Waals surface area (Å²) in [5.74, 6) is -0.899. The number of hydrogen-bond donors (Lipinski definition) is 0. The topological polar surface area (TPSA) is 78.9 Å². The van der Waals surface area contributed by atoms with Gasteiger partial charge in [-0.05, 0) is 103 Å². The Hall–Kier alpha value is -2.89. The van der Waals surface area contributed by atoms with Crippen molar-refractivity contribution in [1.82, 2.24) is 0 Å². The summed E-state index contributed by atoms with van der Waals surface area (Å²) in [5.41, 5.74) is 0. The third-order valence-electron chi connectivity index (χ3n) is 12.7. The third-order valence-corrected chi connectivity index (χ3v) is 12.7. The molecule has 0 aromatic carbocycles. The number of carbonyl (C=O) groups excluding carboxylic acids is 3. The number of allylic oxidation sites excluding steroid dienone is 10. The highest BCUT2D eigenvalue weighted by molar-refractivity contribution is 5.71. The Morgan fingerprint density at radius 3 is 0.882 bits per heavy atom. The monoisotopic (exact) mass is 951 g/mol. The number of hydrogen-bond acceptors (Lipinski definition) is 6. The molecule has 0 spiro atoms. The Balaban J connectivity index is 4.32. The van der Waals surface area contributed by atoms with Gasteiger partial charge in [0.2, 0.25) is 0 Å². The second-order valence-corrected chi connectivity index (χ2v) is 19.5. The molecule has 0 aromatic rings. The zero-order valence-corrected chi connectivity index (χ0v) is 45.1. The molecule has 0 rings (SSSR count). The second kappa shape index (κ2) is 56.7. The fourth-order valence-corrected chi connectivity index (χ4v) is 8.25. The molecular formula is C62H110O6. The first kappa shape index (κ1) is 65.1. The molecular weight excluding hydrogens is 841 g/mol. The van der Waals surface area contributed by atoms with Gasteiger partial charge in [0.05, 0.1) is 0 Å². The lowest BCUT2D eigenvalue weighted by atomic mass is 10.1. The lowest BCUT2D eigenvalue weighted by Gasteiger charge is -2.18. The normalized spacial score (nSPS) is 12.5. The van der Waals surface area contributed by atoms with Gasteiger partial charge in [-0.1, -0.05) is 236 Å². The average molecular weight is 952 g/mol. The summed E-state index contributed by atoms with van der Waals surface area (Å²) in [5, 5.41) is 0. The van der Waals surface area contributed by atoms with Gasteiger partial charge in [0.1, 0.15) is 13.2 Å². The first-order valence-electron chi connectivity index (χ1n) is 29.3. The van der Waals surface area contributed by atoms with E-state index in [2.05, 4.69) is 81.5 Å². The van der Waals surface area contributed by atoms with Crippen molar-refractivity contribution in [3.63, 3.8) is 0 Å². The molecule has 0 N–H and O–H groups in total. The zero-order valence-electron chi connectivity index (χ0n) is 45.1. The van der Waals surface area contributed by atoms with Crippen LogP contribution in [0.1, 0.15) is 297 Å². The Labute approximate surface area is 421 Å². The fourth-order valence-electron chi connectivity index (χ4n) is 8.25. The van der Waals surface area contributed by atoms with Crippen LogP contribution < -0.4 is 0 Å². The van der Waals surface area contributed by atoms with Crippen LogP contribution in [0.2, 0.25) is 0 Å². The summed E-state index contributed by atoms with van der Waals surface area (Å²) in [6, 6.07) is 0. The molecule has 0 radical (unpaired) electrons. The van der Waals surface area contributed by atoms with Crippen LogP contribution in [0.25, 0.3) is 0 Å². The molecule has 0 bridgehead atoms. The summed E-state index contributed by atoms with van der Waals surface area (Å²) < 4.78 is 16.8. The van der Waals surface area contributed by atoms with Crippen molar-refractivity contribution in [2.24, 2.45) is 0 Å². The molecule has 0 heterocycles. The van der Waals surface area contributed by atoms with E-state index >= 15 is 0 Å². The van der Waals surface area contributed by atoms with E-state index in [0.29, 0.717) is 19.3 Å². The van der Waals surface area contributed by atoms with Crippen LogP contribution in [0.15, 0.2) is 60.8 Å². The molecule has 0 amide bonds. The van der Waals surface area contributed by atoms with Gasteiger partial charge in [-0.25, -0.2) is 0 Å². The van der Waals surface area contributed by atoms with E-state index in [1.807, 2.05) is 0 Å². The molecule has 0 fully saturated rings. The lowest BCUT2D eigenvalue weighted by molar-refractivity contribution is -0.167. The molecule has 6 heteroatoms. The minimum atomic E-state index is -0.784. The van der Waals surface area contributed by atoms with Crippen molar-refractivity contribution in [1.29, 1.82) is 0 Å². The lowest BCUT2D eigenvalue weighted by Crippen LogP contribution is -2.30. The molecule has 0 aromatic heterocycles. The van der Waals surface area contributed by atoms with E-state index in [-0.39, 0.29) is 31.1 Å². The maximum absolute atomic E-state index is 12.8. The van der Waals surface area contributed by atoms with Crippen LogP contribution in [0, 0.1) is 0 Å². The number of esters is 3. The summed E-state index contributed by atoms with van der Waals surface area (Å²) >= 11 is 0. The van der Waals surface area contributed by atoms with Crippen LogP contribution in [-0.4, -0.2) is 37.2 Å². The molecule has 1 unspecified atom stereocenters. The minimum Gasteiger partial charge on any atom is -0.462 e. The summed E-state index contributed by atoms with van der Waals surface area (Å²) in [4.78, 5) is 38.1. The molecule has 6 nitrogen and oxygen atoms in total. The fraction of sp³-hybridized carbons (Fsp3) is 0.790. The quantitative estimate of drug-likeness (QED) is 0.0262. The van der Waals surface area contributed by atoms with E-state index in [1.165, 1.54) is 161 Å². The Bertz CT molecular complexity index is 1230. The Morgan fingerprint density at radius 2 is 0.544 bits per heavy atom. The summed E-state index contributed by atoms with van der Waals surface area (Å²) in [6.07, 6.45) is 70.7. The maximum atomic E-state index is 12.8. The van der Waals surface area contributed by atoms with Gasteiger partial charge in [0, 0.05) is 19.3 Å². The van der Waals surface area contributed by atoms with Gasteiger partial charge in [0.15, 0.2) is 6.10 Å². The van der Waals surface area contributed by atoms with E-state index in [4.69, 9.17) is 14.2 Å². The molecule has 0 saturated heterocycles. The van der Waals surface area contributed by atoms with Crippen molar-refractivity contribution in [2.45, 2.75) is 303 Å². The van der Waals surface area contributed by atoms with Gasteiger partial charge in [-0.2, -0.15) is 0 Å². The largest absolute Gasteiger partial charge is 0.462 e. The molecule has 0 aliphatic rings. The highest BCUT2D eigenvalue weighted by Crippen LogP contribution is 2.15. The zero-order chi connectivity index (χ0) is 49.3. The van der Waals surface area contributed by atoms with Gasteiger partial charge in [-0.3, -0.25) is 14.4 Å². The Kier molecular flexibility index (Phi) is 54.3. The summed E-state index contributed by atoms with van der Waals surface area (Å²) in [6.45, 7) is 6.59. The van der Waals surface area contributed by atoms with Crippen molar-refractivity contribution in [3.05, 3.63) is 60.8 Å². The van der Waals surface area contributed by atoms with Crippen LogP contribution >= 0.6 is 0 Å². The molecule has 394 valence electrons. The third kappa shape index (κ3) is 54.1. The minimum absolute atomic E-state index is 0.0833. The number of rotatable bonds is 53. The summed E-state index contributed by atoms with van der Waals surface area (Å²) in [7, 11) is 0. The predicted octanol–water partition coefficient (Wildman–Crippen LogP) is 19.6. The molecule has 1 atom stereocenters. The van der Waals surface area contributed by atoms with Gasteiger partial charge < -0.3 is 14.2 Å². The van der Waals surface area contributed by atoms with Crippen LogP contribution in [-0.2, 0) is 28.6 Å². The van der Waals surface area contributed by atoms with Gasteiger partial charge >= 0.3 is 17.9 Å². The first-order valence-corrected chi connectivity index (χ1v) is 29.3. The van der Waals surface area contributed by atoms with Crippen molar-refractivity contribution in [2.75, 3.05) is 13.2 Å². The second-order valence-electron chi connectivity index (χ2n) is 19.5. The highest BCUT2D eigenvalue weighted by atomic mass is 16.6. The molecule has 0 aliphatic carbocycles. The van der Waals surface area contributed by atoms with Crippen molar-refractivity contribution in [3.8, 4) is 0 Å². The average Bonchev–Trinajstić information content (AvgIpc) is 3.34. The van der Waals surface area contributed by atoms with Crippen LogP contribution in [0.4, 0.5) is 0 Å². The number of ether oxygens (including phenoxy) is 3. The van der Waals surface area contributed by atoms with Crippen LogP contribution in [0.3, 0.4) is 0 Å². The van der Waals surface area contributed by atoms with E-state index in [0.717, 1.165) is 96.3 Å². The molecule has 0 aliphatic heterocycles. The number of unbranched alkanes of at least 4 members (excludes halogenated alkanes) is 32. The van der Waals surface area contributed by atoms with Crippen molar-refractivity contribution < 1.29 is 28.6 Å². The highest BCUT2D eigenvalue weighted by Gasteiger charge is 2.19. The molecule has 0 saturated carbocycles. The SMILES string of the molecule is CCCC/C=C\CCCCCCCC(=O)OCC(COC(=O)CCCCCCCCCC/C=C\C/C=C\C/C=C\CCCCCCC)OC(=O)CCCCCCC/C=C\CCCCCCCCC. The van der Waals surface area contributed by atoms with Crippen molar-refractivity contribution >= 4 is 17.9 Å². The predicted molar refractivity (Wildman–Crippen MR) is 293 cm³/mol. The first-order chi connectivity index (χ1) is 33.5. The van der Waals surface area contributed by atoms with Gasteiger partial charge in [0.25, 0.3) is 0 Å². The van der Waals surface area contributed by atoms with Gasteiger partial charge in [-0.15, -0.1) is 0 Å².